The van der Waals surface area contributed by atoms with E-state index in [4.69, 9.17) is 9.47 Å². The van der Waals surface area contributed by atoms with Crippen LogP contribution in [0.5, 0.6) is 0 Å². The Morgan fingerprint density at radius 2 is 1.62 bits per heavy atom. The van der Waals surface area contributed by atoms with Crippen molar-refractivity contribution in [3.63, 3.8) is 0 Å². The van der Waals surface area contributed by atoms with E-state index in [-0.39, 0.29) is 0 Å². The summed E-state index contributed by atoms with van der Waals surface area (Å²) in [5.41, 5.74) is 0.339. The number of nitrogens with one attached hydrogen (secondary N) is 1. The van der Waals surface area contributed by atoms with E-state index < -0.39 is 36.4 Å². The number of alkyl carbamates (subject to hydrolysis) is 1. The fourth-order valence-electron chi connectivity index (χ4n) is 2.32. The van der Waals surface area contributed by atoms with Crippen LogP contribution in [0.25, 0.3) is 0 Å². The quantitative estimate of drug-likeness (QED) is 0.600. The Kier molecular flexibility index (Phi) is 7.81. The SMILES string of the molecule is CC(C)(C)OC(=O)N[C@@H](CO)[C@@H](C#Cc1ccccc1)OC(=O)c1ccccc1. The van der Waals surface area contributed by atoms with Gasteiger partial charge in [0.2, 0.25) is 0 Å². The Morgan fingerprint density at radius 1 is 1.03 bits per heavy atom. The minimum absolute atomic E-state index is 0.341. The molecule has 1 amide bonds. The molecular weight excluding hydrogens is 370 g/mol. The maximum atomic E-state index is 12.5. The molecule has 2 aromatic carbocycles. The number of ether oxygens (including phenoxy) is 2. The molecule has 0 saturated carbocycles. The van der Waals surface area contributed by atoms with Gasteiger partial charge in [0.05, 0.1) is 12.2 Å². The Hall–Kier alpha value is -3.30. The lowest BCUT2D eigenvalue weighted by molar-refractivity contribution is 0.0201. The Bertz CT molecular complexity index is 863. The maximum Gasteiger partial charge on any atom is 0.408 e. The molecule has 2 aromatic rings. The van der Waals surface area contributed by atoms with Gasteiger partial charge in [-0.3, -0.25) is 0 Å². The lowest BCUT2D eigenvalue weighted by Crippen LogP contribution is -2.48. The van der Waals surface area contributed by atoms with Gasteiger partial charge in [-0.25, -0.2) is 9.59 Å². The van der Waals surface area contributed by atoms with Crippen LogP contribution in [-0.2, 0) is 9.47 Å². The third-order valence-electron chi connectivity index (χ3n) is 3.64. The molecule has 0 aliphatic carbocycles. The molecule has 0 aliphatic rings. The molecule has 29 heavy (non-hydrogen) atoms. The van der Waals surface area contributed by atoms with Gasteiger partial charge in [-0.15, -0.1) is 0 Å². The van der Waals surface area contributed by atoms with Crippen molar-refractivity contribution in [2.75, 3.05) is 6.61 Å². The second kappa shape index (κ2) is 10.3. The first-order chi connectivity index (χ1) is 13.8. The number of benzene rings is 2. The van der Waals surface area contributed by atoms with Gasteiger partial charge in [-0.2, -0.15) is 0 Å². The highest BCUT2D eigenvalue weighted by atomic mass is 16.6. The second-order valence-corrected chi connectivity index (χ2v) is 7.26. The van der Waals surface area contributed by atoms with Gasteiger partial charge in [0.15, 0.2) is 6.10 Å². The Balaban J connectivity index is 2.23. The Morgan fingerprint density at radius 3 is 2.17 bits per heavy atom. The first kappa shape index (κ1) is 22.0. The molecule has 152 valence electrons. The molecule has 2 rings (SSSR count). The number of amides is 1. The maximum absolute atomic E-state index is 12.5. The van der Waals surface area contributed by atoms with E-state index in [0.29, 0.717) is 11.1 Å². The van der Waals surface area contributed by atoms with E-state index in [9.17, 15) is 14.7 Å². The standard InChI is InChI=1S/C23H25NO5/c1-23(2,3)29-22(27)24-19(16-25)20(15-14-17-10-6-4-7-11-17)28-21(26)18-12-8-5-9-13-18/h4-13,19-20,25H,16H2,1-3H3,(H,24,27)/t19-,20+/m0/s1. The number of esters is 1. The average Bonchev–Trinajstić information content (AvgIpc) is 2.69. The van der Waals surface area contributed by atoms with Crippen molar-refractivity contribution >= 4 is 12.1 Å². The monoisotopic (exact) mass is 395 g/mol. The van der Waals surface area contributed by atoms with Crippen LogP contribution in [0, 0.1) is 11.8 Å². The van der Waals surface area contributed by atoms with E-state index in [0.717, 1.165) is 0 Å². The van der Waals surface area contributed by atoms with Crippen LogP contribution in [0.3, 0.4) is 0 Å². The number of rotatable bonds is 5. The van der Waals surface area contributed by atoms with Crippen LogP contribution in [0.1, 0.15) is 36.7 Å². The smallest absolute Gasteiger partial charge is 0.408 e. The molecule has 0 fully saturated rings. The van der Waals surface area contributed by atoms with Gasteiger partial charge in [0.1, 0.15) is 11.6 Å². The third-order valence-corrected chi connectivity index (χ3v) is 3.64. The van der Waals surface area contributed by atoms with E-state index >= 15 is 0 Å². The van der Waals surface area contributed by atoms with Gasteiger partial charge in [0.25, 0.3) is 0 Å². The van der Waals surface area contributed by atoms with Gasteiger partial charge in [0, 0.05) is 5.56 Å². The number of carbonyl (C=O) groups is 2. The van der Waals surface area contributed by atoms with Crippen LogP contribution < -0.4 is 5.32 Å². The second-order valence-electron chi connectivity index (χ2n) is 7.26. The zero-order valence-electron chi connectivity index (χ0n) is 16.7. The van der Waals surface area contributed by atoms with Gasteiger partial charge in [-0.05, 0) is 45.0 Å². The zero-order chi connectivity index (χ0) is 21.3. The summed E-state index contributed by atoms with van der Waals surface area (Å²) >= 11 is 0. The van der Waals surface area contributed by atoms with Gasteiger partial charge >= 0.3 is 12.1 Å². The van der Waals surface area contributed by atoms with Crippen LogP contribution in [0.4, 0.5) is 4.79 Å². The summed E-state index contributed by atoms with van der Waals surface area (Å²) in [6, 6.07) is 16.6. The van der Waals surface area contributed by atoms with Crippen molar-refractivity contribution in [3.05, 3.63) is 71.8 Å². The van der Waals surface area contributed by atoms with Crippen molar-refractivity contribution in [3.8, 4) is 11.8 Å². The summed E-state index contributed by atoms with van der Waals surface area (Å²) in [6.07, 6.45) is -1.82. The third kappa shape index (κ3) is 7.68. The molecule has 0 spiro atoms. The van der Waals surface area contributed by atoms with E-state index in [1.165, 1.54) is 0 Å². The lowest BCUT2D eigenvalue weighted by Gasteiger charge is -2.25. The largest absolute Gasteiger partial charge is 0.444 e. The summed E-state index contributed by atoms with van der Waals surface area (Å²) in [4.78, 5) is 24.6. The molecule has 0 unspecified atom stereocenters. The highest BCUT2D eigenvalue weighted by Crippen LogP contribution is 2.10. The predicted molar refractivity (Wildman–Crippen MR) is 109 cm³/mol. The summed E-state index contributed by atoms with van der Waals surface area (Å²) in [5.74, 6) is 5.13. The first-order valence-corrected chi connectivity index (χ1v) is 9.21. The molecule has 6 heteroatoms. The van der Waals surface area contributed by atoms with E-state index in [1.807, 2.05) is 18.2 Å². The molecular formula is C23H25NO5. The molecule has 0 aliphatic heterocycles. The normalized spacial score (nSPS) is 12.7. The summed E-state index contributed by atoms with van der Waals surface area (Å²) in [5, 5.41) is 12.3. The van der Waals surface area contributed by atoms with Crippen molar-refractivity contribution in [2.45, 2.75) is 38.5 Å². The molecule has 2 atom stereocenters. The summed E-state index contributed by atoms with van der Waals surface area (Å²) in [7, 11) is 0. The van der Waals surface area contributed by atoms with Gasteiger partial charge in [-0.1, -0.05) is 48.2 Å². The molecule has 0 aromatic heterocycles. The highest BCUT2D eigenvalue weighted by Gasteiger charge is 2.27. The topological polar surface area (TPSA) is 84.9 Å². The number of aliphatic hydroxyl groups is 1. The van der Waals surface area contributed by atoms with Crippen molar-refractivity contribution < 1.29 is 24.2 Å². The minimum atomic E-state index is -1.08. The van der Waals surface area contributed by atoms with Crippen LogP contribution in [0.2, 0.25) is 0 Å². The van der Waals surface area contributed by atoms with Crippen molar-refractivity contribution in [2.24, 2.45) is 0 Å². The molecule has 6 nitrogen and oxygen atoms in total. The first-order valence-electron chi connectivity index (χ1n) is 9.21. The van der Waals surface area contributed by atoms with Gasteiger partial charge < -0.3 is 19.9 Å². The number of aliphatic hydroxyl groups excluding tert-OH is 1. The highest BCUT2D eigenvalue weighted by molar-refractivity contribution is 5.89. The minimum Gasteiger partial charge on any atom is -0.444 e. The lowest BCUT2D eigenvalue weighted by atomic mass is 10.1. The number of carbonyl (C=O) groups excluding carboxylic acids is 2. The van der Waals surface area contributed by atoms with Crippen molar-refractivity contribution in [1.29, 1.82) is 0 Å². The fraction of sp³-hybridized carbons (Fsp3) is 0.304. The predicted octanol–water partition coefficient (Wildman–Crippen LogP) is 3.15. The van der Waals surface area contributed by atoms with E-state index in [1.54, 1.807) is 63.2 Å². The van der Waals surface area contributed by atoms with Crippen LogP contribution >= 0.6 is 0 Å². The molecule has 0 heterocycles. The molecule has 2 N–H and O–H groups in total. The number of hydrogen-bond acceptors (Lipinski definition) is 5. The molecule has 0 radical (unpaired) electrons. The van der Waals surface area contributed by atoms with E-state index in [2.05, 4.69) is 17.2 Å². The summed E-state index contributed by atoms with van der Waals surface area (Å²) < 4.78 is 10.7. The Labute approximate surface area is 170 Å². The van der Waals surface area contributed by atoms with Crippen molar-refractivity contribution in [1.82, 2.24) is 5.32 Å². The fourth-order valence-corrected chi connectivity index (χ4v) is 2.32. The molecule has 0 bridgehead atoms. The molecule has 0 saturated heterocycles. The average molecular weight is 395 g/mol. The summed E-state index contributed by atoms with van der Waals surface area (Å²) in [6.45, 7) is 4.68. The number of hydrogen-bond donors (Lipinski definition) is 2. The van der Waals surface area contributed by atoms with Crippen LogP contribution in [0.15, 0.2) is 60.7 Å². The zero-order valence-corrected chi connectivity index (χ0v) is 16.7. The van der Waals surface area contributed by atoms with Crippen LogP contribution in [-0.4, -0.2) is 41.5 Å².